The Morgan fingerprint density at radius 1 is 0.857 bits per heavy atom. The van der Waals surface area contributed by atoms with Crippen molar-refractivity contribution in [1.29, 1.82) is 0 Å². The SMILES string of the molecule is CN1CC2CCC(C1)N2c1ccnc(C2CCN([C@H]3CC[C@@H](C)CC3)CC2)n1. The molecule has 4 aliphatic rings. The lowest BCUT2D eigenvalue weighted by atomic mass is 9.85. The minimum absolute atomic E-state index is 0.545. The van der Waals surface area contributed by atoms with Crippen LogP contribution in [0.3, 0.4) is 0 Å². The smallest absolute Gasteiger partial charge is 0.133 e. The molecule has 0 aromatic carbocycles. The van der Waals surface area contributed by atoms with Crippen LogP contribution in [0.15, 0.2) is 12.3 Å². The molecule has 3 saturated heterocycles. The van der Waals surface area contributed by atoms with Gasteiger partial charge in [-0.15, -0.1) is 0 Å². The van der Waals surface area contributed by atoms with Crippen LogP contribution in [-0.4, -0.2) is 71.1 Å². The standard InChI is InChI=1S/C23H37N5/c1-17-3-5-19(6-4-17)27-13-10-18(11-14-27)23-24-12-9-22(25-23)28-20-7-8-21(28)16-26(2)15-20/h9,12,17-21H,3-8,10-11,13-16H2,1-2H3/t17-,19+,20?,21?. The van der Waals surface area contributed by atoms with Gasteiger partial charge in [0.2, 0.25) is 0 Å². The number of aromatic nitrogens is 2. The number of likely N-dealkylation sites (tertiary alicyclic amines) is 2. The maximum absolute atomic E-state index is 5.11. The van der Waals surface area contributed by atoms with Gasteiger partial charge in [-0.2, -0.15) is 0 Å². The van der Waals surface area contributed by atoms with E-state index in [1.54, 1.807) is 0 Å². The molecule has 1 aromatic heterocycles. The van der Waals surface area contributed by atoms with Crippen LogP contribution in [0.5, 0.6) is 0 Å². The number of hydrogen-bond acceptors (Lipinski definition) is 5. The molecule has 154 valence electrons. The molecule has 4 heterocycles. The van der Waals surface area contributed by atoms with Gasteiger partial charge >= 0.3 is 0 Å². The Labute approximate surface area is 170 Å². The van der Waals surface area contributed by atoms with E-state index in [1.165, 1.54) is 83.4 Å². The fourth-order valence-corrected chi connectivity index (χ4v) is 6.32. The molecule has 1 aromatic rings. The summed E-state index contributed by atoms with van der Waals surface area (Å²) in [6.07, 6.45) is 12.8. The summed E-state index contributed by atoms with van der Waals surface area (Å²) in [6, 6.07) is 4.27. The molecule has 0 radical (unpaired) electrons. The van der Waals surface area contributed by atoms with Crippen LogP contribution in [-0.2, 0) is 0 Å². The first-order chi connectivity index (χ1) is 13.7. The maximum Gasteiger partial charge on any atom is 0.133 e. The van der Waals surface area contributed by atoms with Crippen molar-refractivity contribution in [3.63, 3.8) is 0 Å². The molecule has 4 fully saturated rings. The molecule has 1 saturated carbocycles. The van der Waals surface area contributed by atoms with Crippen LogP contribution in [0.4, 0.5) is 5.82 Å². The molecule has 0 spiro atoms. The normalized spacial score (nSPS) is 35.4. The van der Waals surface area contributed by atoms with E-state index < -0.39 is 0 Å². The lowest BCUT2D eigenvalue weighted by Crippen LogP contribution is -2.52. The molecule has 5 heteroatoms. The topological polar surface area (TPSA) is 35.5 Å². The third-order valence-electron chi connectivity index (χ3n) is 7.99. The van der Waals surface area contributed by atoms with Gasteiger partial charge in [0.05, 0.1) is 0 Å². The number of fused-ring (bicyclic) bond motifs is 2. The third kappa shape index (κ3) is 3.68. The molecule has 5 nitrogen and oxygen atoms in total. The summed E-state index contributed by atoms with van der Waals surface area (Å²) >= 11 is 0. The van der Waals surface area contributed by atoms with Crippen LogP contribution < -0.4 is 4.90 Å². The van der Waals surface area contributed by atoms with Crippen LogP contribution in [0, 0.1) is 5.92 Å². The molecule has 5 rings (SSSR count). The lowest BCUT2D eigenvalue weighted by Gasteiger charge is -2.41. The molecule has 0 N–H and O–H groups in total. The number of hydrogen-bond donors (Lipinski definition) is 0. The fourth-order valence-electron chi connectivity index (χ4n) is 6.32. The summed E-state index contributed by atoms with van der Waals surface area (Å²) in [5.74, 6) is 3.78. The molecule has 0 amide bonds. The van der Waals surface area contributed by atoms with Crippen molar-refractivity contribution >= 4 is 5.82 Å². The van der Waals surface area contributed by atoms with Gasteiger partial charge < -0.3 is 14.7 Å². The third-order valence-corrected chi connectivity index (χ3v) is 7.99. The van der Waals surface area contributed by atoms with Crippen molar-refractivity contribution in [3.8, 4) is 0 Å². The van der Waals surface area contributed by atoms with E-state index in [1.807, 2.05) is 6.20 Å². The molecular formula is C23H37N5. The van der Waals surface area contributed by atoms with Crippen molar-refractivity contribution < 1.29 is 0 Å². The Morgan fingerprint density at radius 3 is 2.18 bits per heavy atom. The van der Waals surface area contributed by atoms with Gasteiger partial charge in [0.25, 0.3) is 0 Å². The van der Waals surface area contributed by atoms with Gasteiger partial charge in [0, 0.05) is 43.3 Å². The van der Waals surface area contributed by atoms with Crippen LogP contribution in [0.25, 0.3) is 0 Å². The van der Waals surface area contributed by atoms with Crippen LogP contribution >= 0.6 is 0 Å². The Balaban J connectivity index is 1.23. The van der Waals surface area contributed by atoms with E-state index in [9.17, 15) is 0 Å². The van der Waals surface area contributed by atoms with Gasteiger partial charge in [0.1, 0.15) is 11.6 Å². The quantitative estimate of drug-likeness (QED) is 0.798. The highest BCUT2D eigenvalue weighted by atomic mass is 15.3. The van der Waals surface area contributed by atoms with Crippen molar-refractivity contribution in [1.82, 2.24) is 19.8 Å². The fraction of sp³-hybridized carbons (Fsp3) is 0.826. The molecule has 3 aliphatic heterocycles. The highest BCUT2D eigenvalue weighted by Gasteiger charge is 2.39. The van der Waals surface area contributed by atoms with E-state index in [-0.39, 0.29) is 0 Å². The van der Waals surface area contributed by atoms with Crippen molar-refractivity contribution in [2.75, 3.05) is 38.1 Å². The lowest BCUT2D eigenvalue weighted by molar-refractivity contribution is 0.109. The summed E-state index contributed by atoms with van der Waals surface area (Å²) in [6.45, 7) is 7.23. The Morgan fingerprint density at radius 2 is 1.50 bits per heavy atom. The van der Waals surface area contributed by atoms with Crippen LogP contribution in [0.2, 0.25) is 0 Å². The Kier molecular flexibility index (Phi) is 5.31. The number of nitrogens with zero attached hydrogens (tertiary/aromatic N) is 5. The molecule has 2 atom stereocenters. The average Bonchev–Trinajstić information content (AvgIpc) is 3.00. The average molecular weight is 384 g/mol. The Hall–Kier alpha value is -1.20. The van der Waals surface area contributed by atoms with Gasteiger partial charge in [0.15, 0.2) is 0 Å². The summed E-state index contributed by atoms with van der Waals surface area (Å²) in [5, 5.41) is 0. The summed E-state index contributed by atoms with van der Waals surface area (Å²) in [5.41, 5.74) is 0. The number of piperazine rings is 1. The van der Waals surface area contributed by atoms with Gasteiger partial charge in [-0.1, -0.05) is 6.92 Å². The first kappa shape index (κ1) is 18.8. The monoisotopic (exact) mass is 383 g/mol. The molecular weight excluding hydrogens is 346 g/mol. The van der Waals surface area contributed by atoms with E-state index in [0.29, 0.717) is 18.0 Å². The van der Waals surface area contributed by atoms with E-state index in [4.69, 9.17) is 9.97 Å². The van der Waals surface area contributed by atoms with Crippen molar-refractivity contribution in [2.45, 2.75) is 82.3 Å². The second-order valence-corrected chi connectivity index (χ2v) is 10.0. The maximum atomic E-state index is 5.11. The predicted molar refractivity (Wildman–Crippen MR) is 114 cm³/mol. The first-order valence-corrected chi connectivity index (χ1v) is 11.7. The van der Waals surface area contributed by atoms with Crippen LogP contribution in [0.1, 0.15) is 70.0 Å². The Bertz CT molecular complexity index is 649. The highest BCUT2D eigenvalue weighted by molar-refractivity contribution is 5.44. The zero-order chi connectivity index (χ0) is 19.1. The van der Waals surface area contributed by atoms with Crippen molar-refractivity contribution in [2.24, 2.45) is 5.92 Å². The zero-order valence-corrected chi connectivity index (χ0v) is 17.8. The molecule has 2 bridgehead atoms. The van der Waals surface area contributed by atoms with E-state index >= 15 is 0 Å². The molecule has 28 heavy (non-hydrogen) atoms. The largest absolute Gasteiger partial charge is 0.348 e. The van der Waals surface area contributed by atoms with Gasteiger partial charge in [-0.05, 0) is 83.5 Å². The zero-order valence-electron chi connectivity index (χ0n) is 17.8. The second-order valence-electron chi connectivity index (χ2n) is 10.0. The summed E-state index contributed by atoms with van der Waals surface area (Å²) in [7, 11) is 2.26. The number of anilines is 1. The number of likely N-dealkylation sites (N-methyl/N-ethyl adjacent to an activating group) is 1. The predicted octanol–water partition coefficient (Wildman–Crippen LogP) is 3.52. The number of piperidine rings is 1. The van der Waals surface area contributed by atoms with E-state index in [0.717, 1.165) is 17.8 Å². The minimum Gasteiger partial charge on any atom is -0.348 e. The summed E-state index contributed by atoms with van der Waals surface area (Å²) < 4.78 is 0. The van der Waals surface area contributed by atoms with E-state index in [2.05, 4.69) is 34.7 Å². The number of rotatable bonds is 3. The second kappa shape index (κ2) is 7.91. The van der Waals surface area contributed by atoms with Crippen molar-refractivity contribution in [3.05, 3.63) is 18.1 Å². The minimum atomic E-state index is 0.545. The first-order valence-electron chi connectivity index (χ1n) is 11.7. The van der Waals surface area contributed by atoms with Gasteiger partial charge in [-0.3, -0.25) is 0 Å². The van der Waals surface area contributed by atoms with Gasteiger partial charge in [-0.25, -0.2) is 9.97 Å². The molecule has 1 aliphatic carbocycles. The highest BCUT2D eigenvalue weighted by Crippen LogP contribution is 2.35. The molecule has 2 unspecified atom stereocenters. The summed E-state index contributed by atoms with van der Waals surface area (Å²) in [4.78, 5) is 17.7.